The molecular weight excluding hydrogens is 198 g/mol. The van der Waals surface area contributed by atoms with Crippen molar-refractivity contribution < 1.29 is 0 Å². The summed E-state index contributed by atoms with van der Waals surface area (Å²) in [5, 5.41) is 4.34. The van der Waals surface area contributed by atoms with E-state index in [2.05, 4.69) is 14.9 Å². The first-order valence-corrected chi connectivity index (χ1v) is 5.66. The first-order chi connectivity index (χ1) is 6.83. The second-order valence-electron chi connectivity index (χ2n) is 4.31. The standard InChI is InChI=1S/C10H14ClN3/c11-10-9-5-8(13-7-1-2-7)3-4-14(9)6-12-10/h6-8,13H,1-5H2. The Morgan fingerprint density at radius 2 is 2.21 bits per heavy atom. The van der Waals surface area contributed by atoms with E-state index in [0.29, 0.717) is 11.2 Å². The molecule has 1 N–H and O–H groups in total. The molecular formula is C10H14ClN3. The Balaban J connectivity index is 1.74. The van der Waals surface area contributed by atoms with Crippen molar-refractivity contribution in [1.29, 1.82) is 0 Å². The molecule has 1 saturated carbocycles. The molecule has 1 aliphatic heterocycles. The highest BCUT2D eigenvalue weighted by atomic mass is 35.5. The molecule has 3 nitrogen and oxygen atoms in total. The average Bonchev–Trinajstić information content (AvgIpc) is 2.92. The van der Waals surface area contributed by atoms with Gasteiger partial charge in [0.15, 0.2) is 0 Å². The zero-order valence-corrected chi connectivity index (χ0v) is 8.80. The van der Waals surface area contributed by atoms with E-state index in [4.69, 9.17) is 11.6 Å². The van der Waals surface area contributed by atoms with Crippen molar-refractivity contribution in [2.24, 2.45) is 0 Å². The van der Waals surface area contributed by atoms with Crippen LogP contribution < -0.4 is 5.32 Å². The first kappa shape index (κ1) is 8.74. The number of halogens is 1. The summed E-state index contributed by atoms with van der Waals surface area (Å²) in [6, 6.07) is 1.40. The predicted molar refractivity (Wildman–Crippen MR) is 55.5 cm³/mol. The van der Waals surface area contributed by atoms with Crippen LogP contribution in [-0.4, -0.2) is 21.6 Å². The molecule has 0 aromatic carbocycles. The normalized spacial score (nSPS) is 26.2. The summed E-state index contributed by atoms with van der Waals surface area (Å²) in [4.78, 5) is 4.13. The van der Waals surface area contributed by atoms with Crippen molar-refractivity contribution in [3.8, 4) is 0 Å². The minimum absolute atomic E-state index is 0.615. The molecule has 14 heavy (non-hydrogen) atoms. The third-order valence-electron chi connectivity index (χ3n) is 3.10. The van der Waals surface area contributed by atoms with Crippen LogP contribution in [0.2, 0.25) is 5.15 Å². The lowest BCUT2D eigenvalue weighted by Crippen LogP contribution is -2.37. The van der Waals surface area contributed by atoms with Gasteiger partial charge < -0.3 is 9.88 Å². The Hall–Kier alpha value is -0.540. The molecule has 1 fully saturated rings. The summed E-state index contributed by atoms with van der Waals surface area (Å²) in [6.07, 6.45) is 6.80. The maximum absolute atomic E-state index is 6.02. The Kier molecular flexibility index (Phi) is 2.03. The van der Waals surface area contributed by atoms with Gasteiger partial charge in [0, 0.05) is 25.0 Å². The van der Waals surface area contributed by atoms with Crippen LogP contribution in [0, 0.1) is 0 Å². The molecule has 1 unspecified atom stereocenters. The fraction of sp³-hybridized carbons (Fsp3) is 0.700. The van der Waals surface area contributed by atoms with Gasteiger partial charge in [-0.1, -0.05) is 11.6 Å². The molecule has 0 spiro atoms. The van der Waals surface area contributed by atoms with Crippen LogP contribution in [0.25, 0.3) is 0 Å². The quantitative estimate of drug-likeness (QED) is 0.806. The van der Waals surface area contributed by atoms with E-state index < -0.39 is 0 Å². The average molecular weight is 212 g/mol. The molecule has 1 atom stereocenters. The Morgan fingerprint density at radius 3 is 3.00 bits per heavy atom. The summed E-state index contributed by atoms with van der Waals surface area (Å²) in [7, 11) is 0. The van der Waals surface area contributed by atoms with Gasteiger partial charge in [-0.25, -0.2) is 4.98 Å². The highest BCUT2D eigenvalue weighted by molar-refractivity contribution is 6.30. The van der Waals surface area contributed by atoms with Crippen LogP contribution in [-0.2, 0) is 13.0 Å². The van der Waals surface area contributed by atoms with E-state index in [-0.39, 0.29) is 0 Å². The van der Waals surface area contributed by atoms with Crippen LogP contribution >= 0.6 is 11.6 Å². The number of imidazole rings is 1. The summed E-state index contributed by atoms with van der Waals surface area (Å²) in [5.74, 6) is 0. The van der Waals surface area contributed by atoms with E-state index in [9.17, 15) is 0 Å². The van der Waals surface area contributed by atoms with E-state index in [1.807, 2.05) is 6.33 Å². The van der Waals surface area contributed by atoms with Gasteiger partial charge >= 0.3 is 0 Å². The van der Waals surface area contributed by atoms with Gasteiger partial charge in [-0.3, -0.25) is 0 Å². The summed E-state index contributed by atoms with van der Waals surface area (Å²) in [6.45, 7) is 1.06. The lowest BCUT2D eigenvalue weighted by molar-refractivity contribution is 0.397. The molecule has 1 aliphatic carbocycles. The number of rotatable bonds is 2. The van der Waals surface area contributed by atoms with E-state index in [1.54, 1.807) is 0 Å². The highest BCUT2D eigenvalue weighted by Gasteiger charge is 2.28. The summed E-state index contributed by atoms with van der Waals surface area (Å²) in [5.41, 5.74) is 1.20. The van der Waals surface area contributed by atoms with Gasteiger partial charge in [-0.15, -0.1) is 0 Å². The lowest BCUT2D eigenvalue weighted by atomic mass is 10.0. The Bertz CT molecular complexity index is 343. The summed E-state index contributed by atoms with van der Waals surface area (Å²) < 4.78 is 2.17. The zero-order valence-electron chi connectivity index (χ0n) is 8.04. The van der Waals surface area contributed by atoms with Crippen molar-refractivity contribution >= 4 is 11.6 Å². The molecule has 0 saturated heterocycles. The molecule has 0 amide bonds. The van der Waals surface area contributed by atoms with Crippen molar-refractivity contribution in [2.45, 2.75) is 44.3 Å². The predicted octanol–water partition coefficient (Wildman–Crippen LogP) is 1.60. The number of nitrogens with zero attached hydrogens (tertiary/aromatic N) is 2. The van der Waals surface area contributed by atoms with Crippen LogP contribution in [0.5, 0.6) is 0 Å². The first-order valence-electron chi connectivity index (χ1n) is 5.28. The number of aryl methyl sites for hydroxylation is 1. The van der Waals surface area contributed by atoms with Gasteiger partial charge in [0.25, 0.3) is 0 Å². The van der Waals surface area contributed by atoms with Crippen molar-refractivity contribution in [1.82, 2.24) is 14.9 Å². The van der Waals surface area contributed by atoms with Crippen LogP contribution in [0.3, 0.4) is 0 Å². The molecule has 76 valence electrons. The second-order valence-corrected chi connectivity index (χ2v) is 4.66. The van der Waals surface area contributed by atoms with Gasteiger partial charge in [0.05, 0.1) is 12.0 Å². The fourth-order valence-corrected chi connectivity index (χ4v) is 2.36. The maximum Gasteiger partial charge on any atom is 0.150 e. The number of nitrogens with one attached hydrogen (secondary N) is 1. The summed E-state index contributed by atoms with van der Waals surface area (Å²) >= 11 is 6.02. The third kappa shape index (κ3) is 1.55. The molecule has 1 aromatic heterocycles. The number of hydrogen-bond acceptors (Lipinski definition) is 2. The van der Waals surface area contributed by atoms with Crippen molar-refractivity contribution in [2.75, 3.05) is 0 Å². The van der Waals surface area contributed by atoms with E-state index >= 15 is 0 Å². The molecule has 3 rings (SSSR count). The minimum Gasteiger partial charge on any atom is -0.333 e. The SMILES string of the molecule is Clc1ncn2c1CC(NC1CC1)CC2. The van der Waals surface area contributed by atoms with Gasteiger partial charge in [-0.2, -0.15) is 0 Å². The van der Waals surface area contributed by atoms with E-state index in [0.717, 1.165) is 19.0 Å². The lowest BCUT2D eigenvalue weighted by Gasteiger charge is -2.24. The van der Waals surface area contributed by atoms with Crippen LogP contribution in [0.1, 0.15) is 25.0 Å². The van der Waals surface area contributed by atoms with Crippen LogP contribution in [0.15, 0.2) is 6.33 Å². The van der Waals surface area contributed by atoms with E-state index in [1.165, 1.54) is 25.0 Å². The molecule has 0 bridgehead atoms. The maximum atomic E-state index is 6.02. The van der Waals surface area contributed by atoms with Crippen molar-refractivity contribution in [3.63, 3.8) is 0 Å². The fourth-order valence-electron chi connectivity index (χ4n) is 2.13. The molecule has 2 heterocycles. The smallest absolute Gasteiger partial charge is 0.150 e. The van der Waals surface area contributed by atoms with Gasteiger partial charge in [0.2, 0.25) is 0 Å². The van der Waals surface area contributed by atoms with Crippen molar-refractivity contribution in [3.05, 3.63) is 17.2 Å². The Morgan fingerprint density at radius 1 is 1.36 bits per heavy atom. The molecule has 0 radical (unpaired) electrons. The molecule has 4 heteroatoms. The monoisotopic (exact) mass is 211 g/mol. The largest absolute Gasteiger partial charge is 0.333 e. The molecule has 2 aliphatic rings. The highest BCUT2D eigenvalue weighted by Crippen LogP contribution is 2.25. The van der Waals surface area contributed by atoms with Gasteiger partial charge in [-0.05, 0) is 19.3 Å². The zero-order chi connectivity index (χ0) is 9.54. The number of hydrogen-bond donors (Lipinski definition) is 1. The molecule has 1 aromatic rings. The third-order valence-corrected chi connectivity index (χ3v) is 3.42. The van der Waals surface area contributed by atoms with Crippen LogP contribution in [0.4, 0.5) is 0 Å². The minimum atomic E-state index is 0.615. The number of aromatic nitrogens is 2. The Labute approximate surface area is 88.5 Å². The topological polar surface area (TPSA) is 29.9 Å². The second kappa shape index (κ2) is 3.24. The number of fused-ring (bicyclic) bond motifs is 1. The van der Waals surface area contributed by atoms with Gasteiger partial charge in [0.1, 0.15) is 5.15 Å².